The van der Waals surface area contributed by atoms with Gasteiger partial charge in [-0.2, -0.15) is 0 Å². The topological polar surface area (TPSA) is 32.3 Å². The Bertz CT molecular complexity index is 807. The largest absolute Gasteiger partial charge is 0.337 e. The normalized spacial score (nSPS) is 22.2. The monoisotopic (exact) mass is 410 g/mol. The van der Waals surface area contributed by atoms with E-state index < -0.39 is 18.3 Å². The predicted molar refractivity (Wildman–Crippen MR) is 107 cm³/mol. The maximum Gasteiger partial charge on any atom is 0.210 e. The van der Waals surface area contributed by atoms with Crippen molar-refractivity contribution in [2.75, 3.05) is 12.3 Å². The van der Waals surface area contributed by atoms with Crippen molar-refractivity contribution >= 4 is 30.0 Å². The van der Waals surface area contributed by atoms with E-state index in [1.54, 1.807) is 42.5 Å². The fourth-order valence-electron chi connectivity index (χ4n) is 3.44. The van der Waals surface area contributed by atoms with Crippen LogP contribution in [-0.2, 0) is 11.2 Å². The van der Waals surface area contributed by atoms with Gasteiger partial charge in [0, 0.05) is 16.3 Å². The molecular formula is C20H21ClF2N2OS. The number of hydrogen-bond donors (Lipinski definition) is 1. The molecule has 144 valence electrons. The minimum absolute atomic E-state index is 0.0196. The molecular weight excluding hydrogens is 390 g/mol. The van der Waals surface area contributed by atoms with Gasteiger partial charge in [0.25, 0.3) is 0 Å². The number of nitrogens with zero attached hydrogens (tertiary/aromatic N) is 1. The van der Waals surface area contributed by atoms with Gasteiger partial charge in [-0.15, -0.1) is 0 Å². The second kappa shape index (κ2) is 9.04. The summed E-state index contributed by atoms with van der Waals surface area (Å²) < 4.78 is 32.7. The third kappa shape index (κ3) is 4.45. The maximum atomic E-state index is 15.2. The van der Waals surface area contributed by atoms with E-state index in [2.05, 4.69) is 4.72 Å². The Morgan fingerprint density at radius 3 is 2.81 bits per heavy atom. The molecule has 2 aromatic carbocycles. The van der Waals surface area contributed by atoms with E-state index in [-0.39, 0.29) is 18.8 Å². The van der Waals surface area contributed by atoms with E-state index in [1.165, 1.54) is 16.8 Å². The van der Waals surface area contributed by atoms with E-state index in [0.29, 0.717) is 28.1 Å². The van der Waals surface area contributed by atoms with Gasteiger partial charge in [0.05, 0.1) is 18.6 Å². The summed E-state index contributed by atoms with van der Waals surface area (Å²) in [4.78, 5) is 12.8. The van der Waals surface area contributed by atoms with Crippen LogP contribution in [0.15, 0.2) is 42.5 Å². The van der Waals surface area contributed by atoms with Gasteiger partial charge in [0.1, 0.15) is 12.0 Å². The van der Waals surface area contributed by atoms with Crippen molar-refractivity contribution in [2.24, 2.45) is 0 Å². The number of benzene rings is 2. The summed E-state index contributed by atoms with van der Waals surface area (Å²) >= 11 is 7.43. The van der Waals surface area contributed by atoms with Crippen LogP contribution < -0.4 is 4.72 Å². The van der Waals surface area contributed by atoms with Crippen molar-refractivity contribution in [3.63, 3.8) is 0 Å². The maximum absolute atomic E-state index is 15.2. The molecule has 1 heterocycles. The molecule has 0 aliphatic carbocycles. The number of carbonyl (C=O) groups excluding carboxylic acids is 1. The van der Waals surface area contributed by atoms with Crippen molar-refractivity contribution in [3.8, 4) is 11.1 Å². The lowest BCUT2D eigenvalue weighted by atomic mass is 9.96. The van der Waals surface area contributed by atoms with Crippen LogP contribution in [0, 0.1) is 5.82 Å². The van der Waals surface area contributed by atoms with Gasteiger partial charge in [-0.25, -0.2) is 8.78 Å². The fourth-order valence-corrected chi connectivity index (χ4v) is 4.29. The molecule has 0 bridgehead atoms. The summed E-state index contributed by atoms with van der Waals surface area (Å²) in [5, 5.41) is 0.529. The summed E-state index contributed by atoms with van der Waals surface area (Å²) in [5.74, 6) is 0.408. The van der Waals surface area contributed by atoms with Gasteiger partial charge < -0.3 is 4.90 Å². The van der Waals surface area contributed by atoms with Crippen LogP contribution in [0.25, 0.3) is 11.1 Å². The Labute approximate surface area is 167 Å². The number of nitrogens with one attached hydrogen (secondary N) is 1. The van der Waals surface area contributed by atoms with E-state index in [0.717, 1.165) is 5.75 Å². The Morgan fingerprint density at radius 1 is 1.33 bits per heavy atom. The molecule has 0 spiro atoms. The van der Waals surface area contributed by atoms with E-state index in [4.69, 9.17) is 11.6 Å². The number of rotatable bonds is 7. The molecule has 1 fully saturated rings. The first-order valence-corrected chi connectivity index (χ1v) is 10.2. The zero-order valence-corrected chi connectivity index (χ0v) is 16.4. The summed E-state index contributed by atoms with van der Waals surface area (Å²) in [5.41, 5.74) is 1.57. The molecule has 1 amide bonds. The van der Waals surface area contributed by atoms with Crippen molar-refractivity contribution in [1.29, 1.82) is 0 Å². The quantitative estimate of drug-likeness (QED) is 0.539. The third-order valence-electron chi connectivity index (χ3n) is 4.76. The Morgan fingerprint density at radius 2 is 2.11 bits per heavy atom. The molecule has 1 N–H and O–H groups in total. The van der Waals surface area contributed by atoms with Crippen LogP contribution in [-0.4, -0.2) is 41.9 Å². The first kappa shape index (κ1) is 20.1. The lowest BCUT2D eigenvalue weighted by Crippen LogP contribution is -2.43. The molecule has 1 saturated heterocycles. The first-order valence-electron chi connectivity index (χ1n) is 8.81. The molecule has 27 heavy (non-hydrogen) atoms. The van der Waals surface area contributed by atoms with E-state index in [9.17, 15) is 9.18 Å². The molecule has 1 aliphatic rings. The van der Waals surface area contributed by atoms with Crippen LogP contribution in [0.1, 0.15) is 12.5 Å². The lowest BCUT2D eigenvalue weighted by Gasteiger charge is -2.26. The summed E-state index contributed by atoms with van der Waals surface area (Å²) in [6.07, 6.45) is -0.297. The Kier molecular flexibility index (Phi) is 6.73. The highest BCUT2D eigenvalue weighted by Crippen LogP contribution is 2.30. The Hall–Kier alpha value is -1.63. The predicted octanol–water partition coefficient (Wildman–Crippen LogP) is 4.49. The molecule has 3 rings (SSSR count). The van der Waals surface area contributed by atoms with Crippen LogP contribution in [0.2, 0.25) is 5.02 Å². The second-order valence-corrected chi connectivity index (χ2v) is 7.99. The van der Waals surface area contributed by atoms with Gasteiger partial charge in [-0.1, -0.05) is 60.8 Å². The van der Waals surface area contributed by atoms with Gasteiger partial charge in [-0.3, -0.25) is 9.52 Å². The number of hydrogen-bond acceptors (Lipinski definition) is 3. The highest BCUT2D eigenvalue weighted by molar-refractivity contribution is 7.97. The smallest absolute Gasteiger partial charge is 0.210 e. The number of alkyl halides is 1. The number of likely N-dealkylation sites (tertiary alicyclic amines) is 1. The summed E-state index contributed by atoms with van der Waals surface area (Å²) in [7, 11) is 0. The van der Waals surface area contributed by atoms with Crippen LogP contribution >= 0.6 is 23.5 Å². The van der Waals surface area contributed by atoms with Gasteiger partial charge in [-0.05, 0) is 29.7 Å². The third-order valence-corrected chi connectivity index (χ3v) is 5.72. The fraction of sp³-hybridized carbons (Fsp3) is 0.350. The first-order chi connectivity index (χ1) is 13.0. The van der Waals surface area contributed by atoms with Crippen LogP contribution in [0.4, 0.5) is 8.78 Å². The molecule has 0 saturated carbocycles. The highest BCUT2D eigenvalue weighted by atomic mass is 35.5. The summed E-state index contributed by atoms with van der Waals surface area (Å²) in [6.45, 7) is 1.98. The van der Waals surface area contributed by atoms with Crippen molar-refractivity contribution in [1.82, 2.24) is 9.62 Å². The standard InChI is InChI=1S/C20H21ClF2N2OS/c1-2-27-24-20-17(22)11-25(12-26)18(20)10-14-6-4-8-16(19(14)23)13-5-3-7-15(21)9-13/h3-9,12,17-18,20,24H,2,10-11H2,1H3. The van der Waals surface area contributed by atoms with Crippen molar-refractivity contribution < 1.29 is 13.6 Å². The number of carbonyl (C=O) groups is 1. The minimum atomic E-state index is -1.18. The molecule has 3 unspecified atom stereocenters. The average Bonchev–Trinajstić information content (AvgIpc) is 2.96. The summed E-state index contributed by atoms with van der Waals surface area (Å²) in [6, 6.07) is 11.2. The molecule has 2 aromatic rings. The molecule has 0 radical (unpaired) electrons. The zero-order valence-electron chi connectivity index (χ0n) is 14.9. The van der Waals surface area contributed by atoms with E-state index >= 15 is 4.39 Å². The second-order valence-electron chi connectivity index (χ2n) is 6.46. The molecule has 3 atom stereocenters. The average molecular weight is 411 g/mol. The van der Waals surface area contributed by atoms with Gasteiger partial charge in [0.15, 0.2) is 0 Å². The molecule has 1 aliphatic heterocycles. The molecule has 7 heteroatoms. The molecule has 0 aromatic heterocycles. The van der Waals surface area contributed by atoms with E-state index in [1.807, 2.05) is 6.92 Å². The zero-order chi connectivity index (χ0) is 19.4. The highest BCUT2D eigenvalue weighted by Gasteiger charge is 2.41. The van der Waals surface area contributed by atoms with Gasteiger partial charge in [0.2, 0.25) is 6.41 Å². The molecule has 3 nitrogen and oxygen atoms in total. The van der Waals surface area contributed by atoms with Crippen molar-refractivity contribution in [3.05, 3.63) is 58.9 Å². The minimum Gasteiger partial charge on any atom is -0.337 e. The van der Waals surface area contributed by atoms with Gasteiger partial charge >= 0.3 is 0 Å². The van der Waals surface area contributed by atoms with Crippen molar-refractivity contribution in [2.45, 2.75) is 31.6 Å². The Balaban J connectivity index is 1.89. The van der Waals surface area contributed by atoms with Crippen LogP contribution in [0.5, 0.6) is 0 Å². The number of amides is 1. The van der Waals surface area contributed by atoms with Crippen LogP contribution in [0.3, 0.4) is 0 Å². The lowest BCUT2D eigenvalue weighted by molar-refractivity contribution is -0.119. The number of halogens is 3. The SMILES string of the molecule is CCSNC1C(F)CN(C=O)C1Cc1cccc(-c2cccc(Cl)c2)c1F.